The third kappa shape index (κ3) is 8.50. The molecular formula is C8H16ClNO3S. The van der Waals surface area contributed by atoms with Crippen molar-refractivity contribution < 1.29 is 13.2 Å². The molecule has 0 bridgehead atoms. The van der Waals surface area contributed by atoms with Gasteiger partial charge in [0, 0.05) is 11.6 Å². The zero-order chi connectivity index (χ0) is 11.2. The van der Waals surface area contributed by atoms with E-state index in [1.54, 1.807) is 0 Å². The van der Waals surface area contributed by atoms with Crippen LogP contribution in [0, 0.1) is 0 Å². The lowest BCUT2D eigenvalue weighted by molar-refractivity contribution is 0.0911. The minimum absolute atomic E-state index is 0.0354. The first-order valence-electron chi connectivity index (χ1n) is 4.25. The predicted molar refractivity (Wildman–Crippen MR) is 57.9 cm³/mol. The lowest BCUT2D eigenvalue weighted by Gasteiger charge is -2.08. The normalized spacial score (nSPS) is 12.0. The van der Waals surface area contributed by atoms with E-state index in [-0.39, 0.29) is 30.0 Å². The van der Waals surface area contributed by atoms with E-state index in [1.807, 2.05) is 13.8 Å². The highest BCUT2D eigenvalue weighted by Gasteiger charge is 2.09. The molecule has 0 saturated heterocycles. The van der Waals surface area contributed by atoms with E-state index in [2.05, 4.69) is 11.3 Å². The zero-order valence-corrected chi connectivity index (χ0v) is 9.99. The molecule has 0 heterocycles. The molecule has 0 radical (unpaired) electrons. The Labute approximate surface area is 90.3 Å². The maximum atomic E-state index is 11.2. The molecule has 1 N–H and O–H groups in total. The van der Waals surface area contributed by atoms with E-state index in [9.17, 15) is 8.42 Å². The van der Waals surface area contributed by atoms with Gasteiger partial charge in [-0.15, -0.1) is 0 Å². The van der Waals surface area contributed by atoms with Crippen LogP contribution in [0.3, 0.4) is 0 Å². The lowest BCUT2D eigenvalue weighted by Crippen LogP contribution is -2.29. The number of rotatable bonds is 7. The number of hydrogen-bond donors (Lipinski definition) is 1. The molecule has 14 heavy (non-hydrogen) atoms. The molecule has 0 saturated carbocycles. The second kappa shape index (κ2) is 6.40. The molecule has 0 rings (SSSR count). The summed E-state index contributed by atoms with van der Waals surface area (Å²) in [6, 6.07) is 0. The van der Waals surface area contributed by atoms with Crippen molar-refractivity contribution in [3.8, 4) is 0 Å². The van der Waals surface area contributed by atoms with Gasteiger partial charge in [-0.05, 0) is 13.8 Å². The predicted octanol–water partition coefficient (Wildman–Crippen LogP) is 1.08. The van der Waals surface area contributed by atoms with Crippen molar-refractivity contribution in [3.05, 3.63) is 11.6 Å². The van der Waals surface area contributed by atoms with Crippen LogP contribution >= 0.6 is 11.6 Å². The van der Waals surface area contributed by atoms with E-state index in [1.165, 1.54) is 0 Å². The fourth-order valence-electron chi connectivity index (χ4n) is 0.654. The molecule has 0 unspecified atom stereocenters. The van der Waals surface area contributed by atoms with Gasteiger partial charge in [-0.1, -0.05) is 18.2 Å². The van der Waals surface area contributed by atoms with Crippen LogP contribution in [0.1, 0.15) is 13.8 Å². The minimum atomic E-state index is -3.29. The molecule has 0 aliphatic rings. The number of ether oxygens (including phenoxy) is 1. The van der Waals surface area contributed by atoms with Gasteiger partial charge in [-0.2, -0.15) is 0 Å². The first-order valence-corrected chi connectivity index (χ1v) is 6.29. The van der Waals surface area contributed by atoms with E-state index < -0.39 is 10.0 Å². The summed E-state index contributed by atoms with van der Waals surface area (Å²) in [4.78, 5) is 0. The Bertz CT molecular complexity index is 274. The number of halogens is 1. The average molecular weight is 242 g/mol. The highest BCUT2D eigenvalue weighted by Crippen LogP contribution is 1.95. The lowest BCUT2D eigenvalue weighted by atomic mass is 10.5. The van der Waals surface area contributed by atoms with E-state index in [4.69, 9.17) is 16.3 Å². The van der Waals surface area contributed by atoms with Crippen molar-refractivity contribution >= 4 is 21.6 Å². The highest BCUT2D eigenvalue weighted by molar-refractivity contribution is 7.89. The van der Waals surface area contributed by atoms with E-state index in [0.29, 0.717) is 0 Å². The molecule has 0 aliphatic carbocycles. The number of sulfonamides is 1. The quantitative estimate of drug-likeness (QED) is 0.726. The van der Waals surface area contributed by atoms with Crippen LogP contribution in [0.4, 0.5) is 0 Å². The van der Waals surface area contributed by atoms with Crippen LogP contribution in [0.2, 0.25) is 0 Å². The van der Waals surface area contributed by atoms with Crippen molar-refractivity contribution in [3.63, 3.8) is 0 Å². The number of nitrogens with one attached hydrogen (secondary N) is 1. The molecule has 0 aliphatic heterocycles. The first kappa shape index (κ1) is 13.9. The van der Waals surface area contributed by atoms with Crippen LogP contribution in [0.25, 0.3) is 0 Å². The Morgan fingerprint density at radius 2 is 2.14 bits per heavy atom. The molecule has 0 aromatic rings. The first-order chi connectivity index (χ1) is 6.33. The Morgan fingerprint density at radius 3 is 2.57 bits per heavy atom. The second-order valence-electron chi connectivity index (χ2n) is 3.08. The smallest absolute Gasteiger partial charge is 0.214 e. The summed E-state index contributed by atoms with van der Waals surface area (Å²) >= 11 is 5.42. The summed E-state index contributed by atoms with van der Waals surface area (Å²) in [6.07, 6.45) is 0.0354. The van der Waals surface area contributed by atoms with Crippen LogP contribution in [-0.4, -0.2) is 33.4 Å². The van der Waals surface area contributed by atoms with Crippen molar-refractivity contribution in [1.82, 2.24) is 4.72 Å². The maximum absolute atomic E-state index is 11.2. The van der Waals surface area contributed by atoms with Crippen LogP contribution in [0.5, 0.6) is 0 Å². The Hall–Kier alpha value is -0.100. The maximum Gasteiger partial charge on any atom is 0.214 e. The molecule has 0 aromatic carbocycles. The third-order valence-corrected chi connectivity index (χ3v) is 2.71. The molecule has 0 atom stereocenters. The topological polar surface area (TPSA) is 55.4 Å². The number of hydrogen-bond acceptors (Lipinski definition) is 3. The van der Waals surface area contributed by atoms with E-state index >= 15 is 0 Å². The van der Waals surface area contributed by atoms with Crippen LogP contribution < -0.4 is 4.72 Å². The standard InChI is InChI=1S/C8H16ClNO3S/c1-7(2)13-4-5-14(11,12)10-6-8(3)9/h7,10H,3-6H2,1-2H3. The molecule has 0 fully saturated rings. The fourth-order valence-corrected chi connectivity index (χ4v) is 1.65. The fraction of sp³-hybridized carbons (Fsp3) is 0.750. The molecule has 84 valence electrons. The Morgan fingerprint density at radius 1 is 1.57 bits per heavy atom. The molecular weight excluding hydrogens is 226 g/mol. The van der Waals surface area contributed by atoms with Gasteiger partial charge in [0.15, 0.2) is 0 Å². The van der Waals surface area contributed by atoms with Crippen LogP contribution in [0.15, 0.2) is 11.6 Å². The SMILES string of the molecule is C=C(Cl)CNS(=O)(=O)CCOC(C)C. The van der Waals surface area contributed by atoms with E-state index in [0.717, 1.165) is 0 Å². The molecule has 4 nitrogen and oxygen atoms in total. The molecule has 0 spiro atoms. The molecule has 0 aromatic heterocycles. The Kier molecular flexibility index (Phi) is 6.35. The largest absolute Gasteiger partial charge is 0.378 e. The molecule has 0 amide bonds. The van der Waals surface area contributed by atoms with Gasteiger partial charge in [-0.3, -0.25) is 0 Å². The van der Waals surface area contributed by atoms with Gasteiger partial charge in [0.05, 0.1) is 18.5 Å². The minimum Gasteiger partial charge on any atom is -0.378 e. The summed E-state index contributed by atoms with van der Waals surface area (Å²) in [5.74, 6) is -0.0602. The molecule has 6 heteroatoms. The van der Waals surface area contributed by atoms with Crippen molar-refractivity contribution in [2.75, 3.05) is 18.9 Å². The summed E-state index contributed by atoms with van der Waals surface area (Å²) in [6.45, 7) is 7.31. The average Bonchev–Trinajstić information content (AvgIpc) is 2.00. The third-order valence-electron chi connectivity index (χ3n) is 1.29. The van der Waals surface area contributed by atoms with Gasteiger partial charge in [0.25, 0.3) is 0 Å². The summed E-state index contributed by atoms with van der Waals surface area (Å²) in [5, 5.41) is 0.262. The van der Waals surface area contributed by atoms with Gasteiger partial charge in [-0.25, -0.2) is 13.1 Å². The van der Waals surface area contributed by atoms with Crippen molar-refractivity contribution in [1.29, 1.82) is 0 Å². The monoisotopic (exact) mass is 241 g/mol. The van der Waals surface area contributed by atoms with Crippen LogP contribution in [-0.2, 0) is 14.8 Å². The summed E-state index contributed by atoms with van der Waals surface area (Å²) < 4.78 is 29.9. The second-order valence-corrected chi connectivity index (χ2v) is 5.54. The van der Waals surface area contributed by atoms with Crippen molar-refractivity contribution in [2.24, 2.45) is 0 Å². The summed E-state index contributed by atoms with van der Waals surface area (Å²) in [7, 11) is -3.29. The van der Waals surface area contributed by atoms with Crippen molar-refractivity contribution in [2.45, 2.75) is 20.0 Å². The zero-order valence-electron chi connectivity index (χ0n) is 8.42. The van der Waals surface area contributed by atoms with Gasteiger partial charge in [0.2, 0.25) is 10.0 Å². The van der Waals surface area contributed by atoms with Gasteiger partial charge in [0.1, 0.15) is 0 Å². The summed E-state index contributed by atoms with van der Waals surface area (Å²) in [5.41, 5.74) is 0. The highest BCUT2D eigenvalue weighted by atomic mass is 35.5. The van der Waals surface area contributed by atoms with Gasteiger partial charge >= 0.3 is 0 Å². The van der Waals surface area contributed by atoms with Gasteiger partial charge < -0.3 is 4.74 Å². The Balaban J connectivity index is 3.79.